The van der Waals surface area contributed by atoms with Crippen molar-refractivity contribution in [3.8, 4) is 11.5 Å². The summed E-state index contributed by atoms with van der Waals surface area (Å²) in [6, 6.07) is 5.45. The van der Waals surface area contributed by atoms with E-state index in [-0.39, 0.29) is 18.4 Å². The van der Waals surface area contributed by atoms with E-state index in [1.807, 2.05) is 26.8 Å². The number of amides is 2. The van der Waals surface area contributed by atoms with Crippen LogP contribution in [-0.2, 0) is 9.59 Å². The van der Waals surface area contributed by atoms with E-state index in [2.05, 4.69) is 5.32 Å². The largest absolute Gasteiger partial charge is 0.493 e. The van der Waals surface area contributed by atoms with Crippen LogP contribution < -0.4 is 14.8 Å². The average molecular weight is 334 g/mol. The highest BCUT2D eigenvalue weighted by Gasteiger charge is 2.12. The second-order valence-corrected chi connectivity index (χ2v) is 4.98. The molecule has 0 aliphatic heterocycles. The van der Waals surface area contributed by atoms with Gasteiger partial charge in [0.1, 0.15) is 0 Å². The fourth-order valence-electron chi connectivity index (χ4n) is 2.11. The molecule has 1 aromatic carbocycles. The summed E-state index contributed by atoms with van der Waals surface area (Å²) in [6.07, 6.45) is 3.15. The molecule has 1 rings (SSSR count). The summed E-state index contributed by atoms with van der Waals surface area (Å²) in [4.78, 5) is 25.3. The fraction of sp³-hybridized carbons (Fsp3) is 0.444. The quantitative estimate of drug-likeness (QED) is 0.702. The smallest absolute Gasteiger partial charge is 0.247 e. The Kier molecular flexibility index (Phi) is 8.39. The minimum Gasteiger partial charge on any atom is -0.493 e. The van der Waals surface area contributed by atoms with E-state index in [0.717, 1.165) is 5.56 Å². The Morgan fingerprint density at radius 3 is 2.54 bits per heavy atom. The lowest BCUT2D eigenvalue weighted by Crippen LogP contribution is -2.39. The summed E-state index contributed by atoms with van der Waals surface area (Å²) in [7, 11) is 1.57. The molecule has 132 valence electrons. The number of nitrogens with one attached hydrogen (secondary N) is 1. The predicted molar refractivity (Wildman–Crippen MR) is 94.1 cm³/mol. The number of benzene rings is 1. The van der Waals surface area contributed by atoms with Crippen molar-refractivity contribution in [1.82, 2.24) is 10.2 Å². The molecule has 0 aromatic heterocycles. The number of nitrogens with zero attached hydrogens (tertiary/aromatic N) is 1. The number of rotatable bonds is 9. The molecular weight excluding hydrogens is 308 g/mol. The zero-order valence-electron chi connectivity index (χ0n) is 14.8. The van der Waals surface area contributed by atoms with Gasteiger partial charge in [-0.15, -0.1) is 0 Å². The van der Waals surface area contributed by atoms with Crippen molar-refractivity contribution < 1.29 is 19.1 Å². The van der Waals surface area contributed by atoms with Gasteiger partial charge in [0.2, 0.25) is 11.8 Å². The van der Waals surface area contributed by atoms with E-state index < -0.39 is 0 Å². The maximum atomic E-state index is 12.2. The molecule has 6 nitrogen and oxygen atoms in total. The van der Waals surface area contributed by atoms with Crippen molar-refractivity contribution in [2.45, 2.75) is 20.8 Å². The molecule has 0 saturated carbocycles. The van der Waals surface area contributed by atoms with Crippen LogP contribution in [0.1, 0.15) is 26.3 Å². The highest BCUT2D eigenvalue weighted by Crippen LogP contribution is 2.28. The molecular formula is C18H26N2O4. The normalized spacial score (nSPS) is 10.5. The van der Waals surface area contributed by atoms with Crippen molar-refractivity contribution in [3.05, 3.63) is 29.8 Å². The molecule has 0 fully saturated rings. The van der Waals surface area contributed by atoms with E-state index in [1.54, 1.807) is 25.3 Å². The van der Waals surface area contributed by atoms with Crippen LogP contribution in [0, 0.1) is 0 Å². The lowest BCUT2D eigenvalue weighted by Gasteiger charge is -2.18. The highest BCUT2D eigenvalue weighted by molar-refractivity contribution is 5.94. The first-order valence-corrected chi connectivity index (χ1v) is 8.10. The van der Waals surface area contributed by atoms with Crippen molar-refractivity contribution >= 4 is 17.9 Å². The number of hydrogen-bond acceptors (Lipinski definition) is 4. The zero-order chi connectivity index (χ0) is 17.9. The second-order valence-electron chi connectivity index (χ2n) is 4.98. The number of carbonyl (C=O) groups is 2. The van der Waals surface area contributed by atoms with Gasteiger partial charge in [-0.3, -0.25) is 9.59 Å². The number of likely N-dealkylation sites (N-methyl/N-ethyl adjacent to an activating group) is 2. The molecule has 0 saturated heterocycles. The van der Waals surface area contributed by atoms with Gasteiger partial charge in [0.25, 0.3) is 0 Å². The van der Waals surface area contributed by atoms with Crippen LogP contribution in [0.3, 0.4) is 0 Å². The van der Waals surface area contributed by atoms with E-state index in [0.29, 0.717) is 31.2 Å². The lowest BCUT2D eigenvalue weighted by atomic mass is 10.2. The lowest BCUT2D eigenvalue weighted by molar-refractivity contribution is -0.132. The first kappa shape index (κ1) is 19.5. The first-order valence-electron chi connectivity index (χ1n) is 8.10. The van der Waals surface area contributed by atoms with Gasteiger partial charge in [0.15, 0.2) is 11.5 Å². The summed E-state index contributed by atoms with van der Waals surface area (Å²) in [5, 5.41) is 2.68. The van der Waals surface area contributed by atoms with E-state index in [4.69, 9.17) is 9.47 Å². The molecule has 0 aliphatic rings. The molecule has 0 aliphatic carbocycles. The van der Waals surface area contributed by atoms with Gasteiger partial charge in [0.05, 0.1) is 20.3 Å². The molecule has 1 aromatic rings. The predicted octanol–water partition coefficient (Wildman–Crippen LogP) is 2.09. The molecule has 0 spiro atoms. The maximum absolute atomic E-state index is 12.2. The Labute approximate surface area is 143 Å². The monoisotopic (exact) mass is 334 g/mol. The third kappa shape index (κ3) is 5.95. The molecule has 2 amide bonds. The zero-order valence-corrected chi connectivity index (χ0v) is 14.8. The Bertz CT molecular complexity index is 584. The topological polar surface area (TPSA) is 67.9 Å². The molecule has 6 heteroatoms. The molecule has 0 heterocycles. The summed E-state index contributed by atoms with van der Waals surface area (Å²) >= 11 is 0. The van der Waals surface area contributed by atoms with Gasteiger partial charge in [-0.25, -0.2) is 0 Å². The van der Waals surface area contributed by atoms with Crippen LogP contribution in [0.5, 0.6) is 11.5 Å². The van der Waals surface area contributed by atoms with Gasteiger partial charge in [0, 0.05) is 19.2 Å². The maximum Gasteiger partial charge on any atom is 0.247 e. The summed E-state index contributed by atoms with van der Waals surface area (Å²) in [5.74, 6) is 0.899. The highest BCUT2D eigenvalue weighted by atomic mass is 16.5. The summed E-state index contributed by atoms with van der Waals surface area (Å²) < 4.78 is 10.7. The van der Waals surface area contributed by atoms with Crippen molar-refractivity contribution in [2.24, 2.45) is 0 Å². The Morgan fingerprint density at radius 2 is 1.96 bits per heavy atom. The van der Waals surface area contributed by atoms with Crippen molar-refractivity contribution in [2.75, 3.05) is 33.4 Å². The Hall–Kier alpha value is -2.50. The van der Waals surface area contributed by atoms with Crippen molar-refractivity contribution in [3.63, 3.8) is 0 Å². The molecule has 0 bridgehead atoms. The molecule has 0 unspecified atom stereocenters. The minimum atomic E-state index is -0.211. The third-order valence-electron chi connectivity index (χ3n) is 3.31. The van der Waals surface area contributed by atoms with E-state index in [1.165, 1.54) is 11.0 Å². The van der Waals surface area contributed by atoms with Gasteiger partial charge in [-0.1, -0.05) is 6.07 Å². The van der Waals surface area contributed by atoms with Crippen molar-refractivity contribution in [1.29, 1.82) is 0 Å². The fourth-order valence-corrected chi connectivity index (χ4v) is 2.11. The van der Waals surface area contributed by atoms with Gasteiger partial charge in [-0.2, -0.15) is 0 Å². The van der Waals surface area contributed by atoms with Crippen LogP contribution in [0.2, 0.25) is 0 Å². The number of carbonyl (C=O) groups excluding carboxylic acids is 2. The van der Waals surface area contributed by atoms with Crippen LogP contribution >= 0.6 is 0 Å². The van der Waals surface area contributed by atoms with Crippen LogP contribution in [0.4, 0.5) is 0 Å². The first-order chi connectivity index (χ1) is 11.5. The van der Waals surface area contributed by atoms with Gasteiger partial charge >= 0.3 is 0 Å². The number of hydrogen-bond donors (Lipinski definition) is 1. The Morgan fingerprint density at radius 1 is 1.21 bits per heavy atom. The Balaban J connectivity index is 2.79. The van der Waals surface area contributed by atoms with Crippen LogP contribution in [0.15, 0.2) is 24.3 Å². The second kappa shape index (κ2) is 10.3. The van der Waals surface area contributed by atoms with E-state index >= 15 is 0 Å². The summed E-state index contributed by atoms with van der Waals surface area (Å²) in [5.41, 5.74) is 0.817. The third-order valence-corrected chi connectivity index (χ3v) is 3.31. The van der Waals surface area contributed by atoms with Crippen LogP contribution in [0.25, 0.3) is 6.08 Å². The molecule has 0 radical (unpaired) electrons. The van der Waals surface area contributed by atoms with Crippen LogP contribution in [-0.4, -0.2) is 50.1 Å². The van der Waals surface area contributed by atoms with Gasteiger partial charge < -0.3 is 19.7 Å². The molecule has 1 N–H and O–H groups in total. The SMILES string of the molecule is CCNC(=O)CN(CC)C(=O)C=Cc1ccc(OCC)c(OC)c1. The number of methoxy groups -OCH3 is 1. The van der Waals surface area contributed by atoms with E-state index in [9.17, 15) is 9.59 Å². The standard InChI is InChI=1S/C18H26N2O4/c1-5-19-17(21)13-20(6-2)18(22)11-9-14-8-10-15(24-7-3)16(12-14)23-4/h8-12H,5-7,13H2,1-4H3,(H,19,21). The minimum absolute atomic E-state index is 0.0557. The summed E-state index contributed by atoms with van der Waals surface area (Å²) in [6.45, 7) is 7.20. The molecule has 0 atom stereocenters. The molecule has 24 heavy (non-hydrogen) atoms. The van der Waals surface area contributed by atoms with Gasteiger partial charge in [-0.05, 0) is 44.5 Å². The number of ether oxygens (including phenoxy) is 2. The average Bonchev–Trinajstić information content (AvgIpc) is 2.58.